The van der Waals surface area contributed by atoms with Gasteiger partial charge in [-0.15, -0.1) is 0 Å². The summed E-state index contributed by atoms with van der Waals surface area (Å²) in [4.78, 5) is 10.9. The van der Waals surface area contributed by atoms with Crippen LogP contribution in [0.3, 0.4) is 0 Å². The molecule has 0 amide bonds. The lowest BCUT2D eigenvalue weighted by Crippen LogP contribution is -2.17. The van der Waals surface area contributed by atoms with Crippen molar-refractivity contribution in [1.82, 2.24) is 9.78 Å². The van der Waals surface area contributed by atoms with Gasteiger partial charge in [-0.25, -0.2) is 0 Å². The summed E-state index contributed by atoms with van der Waals surface area (Å²) in [7, 11) is 0. The van der Waals surface area contributed by atoms with Crippen molar-refractivity contribution in [2.24, 2.45) is 5.41 Å². The summed E-state index contributed by atoms with van der Waals surface area (Å²) in [5.74, 6) is -0.665. The van der Waals surface area contributed by atoms with Gasteiger partial charge in [-0.3, -0.25) is 9.48 Å². The Morgan fingerprint density at radius 1 is 1.71 bits per heavy atom. The largest absolute Gasteiger partial charge is 0.481 e. The van der Waals surface area contributed by atoms with Crippen molar-refractivity contribution in [3.05, 3.63) is 18.0 Å². The van der Waals surface area contributed by atoms with E-state index in [0.29, 0.717) is 6.42 Å². The van der Waals surface area contributed by atoms with Crippen LogP contribution in [-0.2, 0) is 17.8 Å². The number of carboxylic acids is 1. The van der Waals surface area contributed by atoms with Crippen LogP contribution < -0.4 is 0 Å². The van der Waals surface area contributed by atoms with Crippen LogP contribution in [-0.4, -0.2) is 20.9 Å². The summed E-state index contributed by atoms with van der Waals surface area (Å²) >= 11 is 0. The van der Waals surface area contributed by atoms with Crippen LogP contribution in [0.2, 0.25) is 0 Å². The van der Waals surface area contributed by atoms with Gasteiger partial charge in [-0.2, -0.15) is 5.10 Å². The monoisotopic (exact) mass is 194 g/mol. The average Bonchev–Trinajstić information content (AvgIpc) is 2.78. The Morgan fingerprint density at radius 3 is 2.86 bits per heavy atom. The van der Waals surface area contributed by atoms with Crippen LogP contribution in [0.4, 0.5) is 0 Å². The summed E-state index contributed by atoms with van der Waals surface area (Å²) in [6, 6.07) is 0. The molecule has 4 heteroatoms. The Labute approximate surface area is 82.5 Å². The van der Waals surface area contributed by atoms with Crippen LogP contribution >= 0.6 is 0 Å². The van der Waals surface area contributed by atoms with E-state index < -0.39 is 11.4 Å². The summed E-state index contributed by atoms with van der Waals surface area (Å²) in [6.45, 7) is 2.85. The number of carbonyl (C=O) groups is 1. The molecule has 0 bridgehead atoms. The molecular formula is C10H14N2O2. The van der Waals surface area contributed by atoms with Crippen molar-refractivity contribution in [2.75, 3.05) is 0 Å². The fourth-order valence-electron chi connectivity index (χ4n) is 1.68. The maximum atomic E-state index is 10.9. The molecule has 1 fully saturated rings. The van der Waals surface area contributed by atoms with Gasteiger partial charge in [0.15, 0.2) is 0 Å². The highest BCUT2D eigenvalue weighted by Gasteiger charge is 2.50. The van der Waals surface area contributed by atoms with Crippen molar-refractivity contribution in [1.29, 1.82) is 0 Å². The van der Waals surface area contributed by atoms with E-state index in [4.69, 9.17) is 5.11 Å². The third-order valence-corrected chi connectivity index (χ3v) is 2.86. The predicted octanol–water partition coefficient (Wildman–Crippen LogP) is 1.31. The molecule has 1 aliphatic carbocycles. The van der Waals surface area contributed by atoms with Crippen LogP contribution in [0.25, 0.3) is 0 Å². The van der Waals surface area contributed by atoms with Gasteiger partial charge < -0.3 is 5.11 Å². The molecule has 1 aromatic heterocycles. The fraction of sp³-hybridized carbons (Fsp3) is 0.600. The van der Waals surface area contributed by atoms with Crippen molar-refractivity contribution in [2.45, 2.75) is 32.7 Å². The zero-order valence-corrected chi connectivity index (χ0v) is 8.23. The molecule has 0 aliphatic heterocycles. The second kappa shape index (κ2) is 3.12. The minimum absolute atomic E-state index is 0.471. The van der Waals surface area contributed by atoms with E-state index in [0.717, 1.165) is 24.9 Å². The highest BCUT2D eigenvalue weighted by molar-refractivity contribution is 5.78. The highest BCUT2D eigenvalue weighted by atomic mass is 16.4. The van der Waals surface area contributed by atoms with E-state index in [1.807, 2.05) is 17.8 Å². The Hall–Kier alpha value is -1.32. The van der Waals surface area contributed by atoms with E-state index in [-0.39, 0.29) is 0 Å². The molecular weight excluding hydrogens is 180 g/mol. The van der Waals surface area contributed by atoms with Gasteiger partial charge in [0, 0.05) is 12.7 Å². The molecule has 0 unspecified atom stereocenters. The quantitative estimate of drug-likeness (QED) is 0.786. The molecule has 0 spiro atoms. The van der Waals surface area contributed by atoms with Crippen LogP contribution in [0.5, 0.6) is 0 Å². The molecule has 1 N–H and O–H groups in total. The normalized spacial score (nSPS) is 18.1. The predicted molar refractivity (Wildman–Crippen MR) is 50.9 cm³/mol. The third kappa shape index (κ3) is 1.52. The second-order valence-corrected chi connectivity index (χ2v) is 3.97. The lowest BCUT2D eigenvalue weighted by molar-refractivity contribution is -0.143. The van der Waals surface area contributed by atoms with E-state index >= 15 is 0 Å². The number of hydrogen-bond acceptors (Lipinski definition) is 2. The minimum atomic E-state index is -0.665. The number of rotatable bonds is 4. The van der Waals surface area contributed by atoms with Gasteiger partial charge in [-0.05, 0) is 31.7 Å². The summed E-state index contributed by atoms with van der Waals surface area (Å²) in [5.41, 5.74) is 0.563. The lowest BCUT2D eigenvalue weighted by atomic mass is 9.99. The molecule has 1 heterocycles. The SMILES string of the molecule is CCn1cc(CC2(C(=O)O)CC2)cn1. The smallest absolute Gasteiger partial charge is 0.309 e. The fourth-order valence-corrected chi connectivity index (χ4v) is 1.68. The Kier molecular flexibility index (Phi) is 2.06. The molecule has 0 saturated heterocycles. The summed E-state index contributed by atoms with van der Waals surface area (Å²) in [5, 5.41) is 13.1. The number of aromatic nitrogens is 2. The number of hydrogen-bond donors (Lipinski definition) is 1. The Morgan fingerprint density at radius 2 is 2.43 bits per heavy atom. The molecule has 0 aromatic carbocycles. The summed E-state index contributed by atoms with van der Waals surface area (Å²) in [6.07, 6.45) is 5.94. The zero-order chi connectivity index (χ0) is 10.2. The topological polar surface area (TPSA) is 55.1 Å². The molecule has 14 heavy (non-hydrogen) atoms. The number of aryl methyl sites for hydroxylation is 1. The van der Waals surface area contributed by atoms with Crippen LogP contribution in [0, 0.1) is 5.41 Å². The maximum Gasteiger partial charge on any atom is 0.309 e. The van der Waals surface area contributed by atoms with Gasteiger partial charge in [-0.1, -0.05) is 0 Å². The first-order chi connectivity index (χ1) is 6.66. The number of nitrogens with zero attached hydrogens (tertiary/aromatic N) is 2. The van der Waals surface area contributed by atoms with E-state index in [1.54, 1.807) is 6.20 Å². The maximum absolute atomic E-state index is 10.9. The molecule has 0 atom stereocenters. The van der Waals surface area contributed by atoms with E-state index in [9.17, 15) is 4.79 Å². The van der Waals surface area contributed by atoms with E-state index in [1.165, 1.54) is 0 Å². The summed E-state index contributed by atoms with van der Waals surface area (Å²) < 4.78 is 1.83. The van der Waals surface area contributed by atoms with Gasteiger partial charge in [0.25, 0.3) is 0 Å². The van der Waals surface area contributed by atoms with Gasteiger partial charge in [0.05, 0.1) is 11.6 Å². The first kappa shape index (κ1) is 9.24. The van der Waals surface area contributed by atoms with Crippen molar-refractivity contribution < 1.29 is 9.90 Å². The van der Waals surface area contributed by atoms with Gasteiger partial charge >= 0.3 is 5.97 Å². The average molecular weight is 194 g/mol. The van der Waals surface area contributed by atoms with Gasteiger partial charge in [0.2, 0.25) is 0 Å². The first-order valence-corrected chi connectivity index (χ1v) is 4.91. The standard InChI is InChI=1S/C10H14N2O2/c1-2-12-7-8(6-11-12)5-10(3-4-10)9(13)14/h6-7H,2-5H2,1H3,(H,13,14). The molecule has 1 aliphatic rings. The van der Waals surface area contributed by atoms with Crippen molar-refractivity contribution in [3.63, 3.8) is 0 Å². The second-order valence-electron chi connectivity index (χ2n) is 3.97. The number of carboxylic acid groups (broad SMARTS) is 1. The molecule has 4 nitrogen and oxygen atoms in total. The van der Waals surface area contributed by atoms with Crippen LogP contribution in [0.15, 0.2) is 12.4 Å². The molecule has 1 saturated carbocycles. The lowest BCUT2D eigenvalue weighted by Gasteiger charge is -2.06. The molecule has 1 aromatic rings. The molecule has 76 valence electrons. The minimum Gasteiger partial charge on any atom is -0.481 e. The Balaban J connectivity index is 2.07. The molecule has 0 radical (unpaired) electrons. The van der Waals surface area contributed by atoms with Gasteiger partial charge in [0.1, 0.15) is 0 Å². The first-order valence-electron chi connectivity index (χ1n) is 4.91. The van der Waals surface area contributed by atoms with Crippen molar-refractivity contribution >= 4 is 5.97 Å². The van der Waals surface area contributed by atoms with Crippen molar-refractivity contribution in [3.8, 4) is 0 Å². The number of aliphatic carboxylic acids is 1. The zero-order valence-electron chi connectivity index (χ0n) is 8.23. The third-order valence-electron chi connectivity index (χ3n) is 2.86. The Bertz CT molecular complexity index is 353. The molecule has 2 rings (SSSR count). The highest BCUT2D eigenvalue weighted by Crippen LogP contribution is 2.48. The van der Waals surface area contributed by atoms with E-state index in [2.05, 4.69) is 5.10 Å². The van der Waals surface area contributed by atoms with Crippen LogP contribution in [0.1, 0.15) is 25.3 Å².